The molecule has 0 radical (unpaired) electrons. The molecule has 21 heavy (non-hydrogen) atoms. The molecular formula is C12H15BrClNO5S. The largest absolute Gasteiger partial charge is 0.460 e. The number of hydrogen-bond acceptors (Lipinski definition) is 5. The first kappa shape index (κ1) is 18.4. The normalized spacial score (nSPS) is 11.7. The minimum Gasteiger partial charge on any atom is -0.460 e. The van der Waals surface area contributed by atoms with E-state index in [4.69, 9.17) is 26.2 Å². The van der Waals surface area contributed by atoms with Crippen molar-refractivity contribution in [2.24, 2.45) is 5.14 Å². The molecule has 0 aliphatic heterocycles. The van der Waals surface area contributed by atoms with Crippen LogP contribution in [-0.2, 0) is 19.5 Å². The van der Waals surface area contributed by atoms with Crippen molar-refractivity contribution in [2.75, 3.05) is 13.2 Å². The lowest BCUT2D eigenvalue weighted by Gasteiger charge is -2.10. The maximum atomic E-state index is 11.8. The Hall–Kier alpha value is -0.670. The topological polar surface area (TPSA) is 95.7 Å². The summed E-state index contributed by atoms with van der Waals surface area (Å²) in [5.74, 6) is -0.707. The third-order valence-corrected chi connectivity index (χ3v) is 4.88. The molecule has 0 spiro atoms. The van der Waals surface area contributed by atoms with Crippen molar-refractivity contribution in [3.05, 3.63) is 27.2 Å². The van der Waals surface area contributed by atoms with Crippen molar-refractivity contribution in [1.29, 1.82) is 0 Å². The summed E-state index contributed by atoms with van der Waals surface area (Å²) in [5.41, 5.74) is -0.00299. The monoisotopic (exact) mass is 399 g/mol. The van der Waals surface area contributed by atoms with Crippen LogP contribution in [-0.4, -0.2) is 33.7 Å². The molecular weight excluding hydrogens is 386 g/mol. The Balaban J connectivity index is 2.89. The van der Waals surface area contributed by atoms with E-state index in [1.54, 1.807) is 0 Å². The molecule has 6 nitrogen and oxygen atoms in total. The molecule has 0 fully saturated rings. The Morgan fingerprint density at radius 1 is 1.38 bits per heavy atom. The van der Waals surface area contributed by atoms with Gasteiger partial charge in [-0.05, 0) is 41.9 Å². The van der Waals surface area contributed by atoms with Crippen molar-refractivity contribution < 1.29 is 22.7 Å². The fraction of sp³-hybridized carbons (Fsp3) is 0.417. The molecule has 0 bridgehead atoms. The fourth-order valence-corrected chi connectivity index (χ4v) is 3.22. The molecule has 1 aromatic carbocycles. The molecule has 0 aliphatic rings. The standard InChI is InChI=1S/C12H15BrClNO5S/c1-7(2)19-3-4-20-12(16)8-5-9(14)11(13)10(6-8)21(15,17)18/h5-7H,3-4H2,1-2H3,(H2,15,17,18). The van der Waals surface area contributed by atoms with Crippen molar-refractivity contribution in [2.45, 2.75) is 24.8 Å². The summed E-state index contributed by atoms with van der Waals surface area (Å²) < 4.78 is 33.2. The van der Waals surface area contributed by atoms with Crippen LogP contribution < -0.4 is 5.14 Å². The van der Waals surface area contributed by atoms with E-state index >= 15 is 0 Å². The molecule has 2 N–H and O–H groups in total. The van der Waals surface area contributed by atoms with Crippen molar-refractivity contribution in [3.63, 3.8) is 0 Å². The van der Waals surface area contributed by atoms with E-state index in [1.807, 2.05) is 13.8 Å². The first-order valence-electron chi connectivity index (χ1n) is 5.93. The van der Waals surface area contributed by atoms with Crippen LogP contribution in [0, 0.1) is 0 Å². The summed E-state index contributed by atoms with van der Waals surface area (Å²) in [7, 11) is -4.01. The minimum atomic E-state index is -4.01. The first-order chi connectivity index (χ1) is 9.62. The average Bonchev–Trinajstić information content (AvgIpc) is 2.35. The summed E-state index contributed by atoms with van der Waals surface area (Å²) in [4.78, 5) is 11.6. The molecule has 9 heteroatoms. The van der Waals surface area contributed by atoms with E-state index in [9.17, 15) is 13.2 Å². The highest BCUT2D eigenvalue weighted by Crippen LogP contribution is 2.30. The van der Waals surface area contributed by atoms with Gasteiger partial charge in [0.15, 0.2) is 0 Å². The number of ether oxygens (including phenoxy) is 2. The molecule has 118 valence electrons. The van der Waals surface area contributed by atoms with Gasteiger partial charge in [-0.1, -0.05) is 11.6 Å². The number of nitrogens with two attached hydrogens (primary N) is 1. The van der Waals surface area contributed by atoms with Gasteiger partial charge in [0.05, 0.1) is 32.7 Å². The van der Waals surface area contributed by atoms with Crippen LogP contribution in [0.4, 0.5) is 0 Å². The van der Waals surface area contributed by atoms with Gasteiger partial charge >= 0.3 is 5.97 Å². The van der Waals surface area contributed by atoms with Gasteiger partial charge in [0.2, 0.25) is 10.0 Å². The number of carbonyl (C=O) groups excluding carboxylic acids is 1. The van der Waals surface area contributed by atoms with Gasteiger partial charge in [0, 0.05) is 0 Å². The highest BCUT2D eigenvalue weighted by molar-refractivity contribution is 9.10. The highest BCUT2D eigenvalue weighted by Gasteiger charge is 2.20. The van der Waals surface area contributed by atoms with Gasteiger partial charge in [-0.25, -0.2) is 18.4 Å². The third kappa shape index (κ3) is 5.55. The maximum Gasteiger partial charge on any atom is 0.338 e. The zero-order chi connectivity index (χ0) is 16.2. The second kappa shape index (κ2) is 7.55. The van der Waals surface area contributed by atoms with E-state index in [1.165, 1.54) is 6.07 Å². The number of carbonyl (C=O) groups is 1. The molecule has 0 saturated heterocycles. The van der Waals surface area contributed by atoms with Crippen LogP contribution >= 0.6 is 27.5 Å². The van der Waals surface area contributed by atoms with Crippen LogP contribution in [0.15, 0.2) is 21.5 Å². The lowest BCUT2D eigenvalue weighted by Crippen LogP contribution is -2.16. The highest BCUT2D eigenvalue weighted by atomic mass is 79.9. The van der Waals surface area contributed by atoms with Crippen molar-refractivity contribution in [1.82, 2.24) is 0 Å². The maximum absolute atomic E-state index is 11.8. The average molecular weight is 401 g/mol. The van der Waals surface area contributed by atoms with Crippen LogP contribution in [0.25, 0.3) is 0 Å². The Labute approximate surface area is 136 Å². The summed E-state index contributed by atoms with van der Waals surface area (Å²) in [6.45, 7) is 4.01. The lowest BCUT2D eigenvalue weighted by atomic mass is 10.2. The predicted octanol–water partition coefficient (Wildman–Crippen LogP) is 2.33. The molecule has 0 unspecified atom stereocenters. The third-order valence-electron chi connectivity index (χ3n) is 2.30. The Kier molecular flexibility index (Phi) is 6.61. The number of primary sulfonamides is 1. The van der Waals surface area contributed by atoms with Gasteiger partial charge in [-0.2, -0.15) is 0 Å². The van der Waals surface area contributed by atoms with Gasteiger partial charge in [-0.15, -0.1) is 0 Å². The first-order valence-corrected chi connectivity index (χ1v) is 8.65. The van der Waals surface area contributed by atoms with E-state index in [-0.39, 0.29) is 39.3 Å². The molecule has 0 saturated carbocycles. The molecule has 1 rings (SSSR count). The quantitative estimate of drug-likeness (QED) is 0.584. The van der Waals surface area contributed by atoms with Crippen LogP contribution in [0.3, 0.4) is 0 Å². The summed E-state index contributed by atoms with van der Waals surface area (Å²) in [6.07, 6.45) is 0.0276. The minimum absolute atomic E-state index is 0.00299. The van der Waals surface area contributed by atoms with Crippen molar-refractivity contribution in [3.8, 4) is 0 Å². The molecule has 0 amide bonds. The SMILES string of the molecule is CC(C)OCCOC(=O)c1cc(Cl)c(Br)c(S(N)(=O)=O)c1. The summed E-state index contributed by atoms with van der Waals surface area (Å²) in [5, 5.41) is 5.11. The Bertz CT molecular complexity index is 633. The number of benzene rings is 1. The second-order valence-corrected chi connectivity index (χ2v) is 7.10. The fourth-order valence-electron chi connectivity index (χ4n) is 1.39. The van der Waals surface area contributed by atoms with E-state index in [0.717, 1.165) is 6.07 Å². The van der Waals surface area contributed by atoms with Gasteiger partial charge in [0.1, 0.15) is 6.61 Å². The van der Waals surface area contributed by atoms with Crippen LogP contribution in [0.5, 0.6) is 0 Å². The number of rotatable bonds is 6. The summed E-state index contributed by atoms with van der Waals surface area (Å²) in [6, 6.07) is 2.41. The van der Waals surface area contributed by atoms with Crippen LogP contribution in [0.1, 0.15) is 24.2 Å². The molecule has 0 atom stereocenters. The zero-order valence-corrected chi connectivity index (χ0v) is 14.6. The second-order valence-electron chi connectivity index (χ2n) is 4.37. The summed E-state index contributed by atoms with van der Waals surface area (Å²) >= 11 is 8.89. The van der Waals surface area contributed by atoms with Gasteiger partial charge in [0.25, 0.3) is 0 Å². The van der Waals surface area contributed by atoms with Crippen LogP contribution in [0.2, 0.25) is 5.02 Å². The predicted molar refractivity (Wildman–Crippen MR) is 81.9 cm³/mol. The molecule has 0 heterocycles. The Morgan fingerprint density at radius 3 is 2.52 bits per heavy atom. The van der Waals surface area contributed by atoms with Gasteiger partial charge < -0.3 is 9.47 Å². The lowest BCUT2D eigenvalue weighted by molar-refractivity contribution is 0.0176. The number of esters is 1. The van der Waals surface area contributed by atoms with E-state index in [2.05, 4.69) is 15.9 Å². The molecule has 1 aromatic rings. The molecule has 0 aromatic heterocycles. The Morgan fingerprint density at radius 2 is 2.00 bits per heavy atom. The van der Waals surface area contributed by atoms with E-state index < -0.39 is 16.0 Å². The molecule has 0 aliphatic carbocycles. The van der Waals surface area contributed by atoms with Gasteiger partial charge in [-0.3, -0.25) is 0 Å². The number of halogens is 2. The van der Waals surface area contributed by atoms with E-state index in [0.29, 0.717) is 0 Å². The number of hydrogen-bond donors (Lipinski definition) is 1. The van der Waals surface area contributed by atoms with Crippen molar-refractivity contribution >= 4 is 43.5 Å². The zero-order valence-electron chi connectivity index (χ0n) is 11.4. The number of sulfonamides is 1. The smallest absolute Gasteiger partial charge is 0.338 e.